The van der Waals surface area contributed by atoms with Gasteiger partial charge in [0.15, 0.2) is 0 Å². The molecule has 3 atom stereocenters. The number of benzene rings is 2. The summed E-state index contributed by atoms with van der Waals surface area (Å²) in [5.74, 6) is -0.330. The van der Waals surface area contributed by atoms with Crippen molar-refractivity contribution in [2.45, 2.75) is 49.3 Å². The van der Waals surface area contributed by atoms with Crippen molar-refractivity contribution >= 4 is 11.6 Å². The van der Waals surface area contributed by atoms with Crippen LogP contribution in [0.15, 0.2) is 72.9 Å². The number of aromatic nitrogens is 1. The number of aryl methyl sites for hydroxylation is 1. The molecule has 1 aliphatic carbocycles. The van der Waals surface area contributed by atoms with Gasteiger partial charge in [0.1, 0.15) is 11.4 Å². The van der Waals surface area contributed by atoms with Crippen LogP contribution in [-0.2, 0) is 27.1 Å². The van der Waals surface area contributed by atoms with Crippen LogP contribution in [0.25, 0.3) is 0 Å². The normalized spacial score (nSPS) is 23.2. The first-order valence-electron chi connectivity index (χ1n) is 12.6. The number of pyridine rings is 1. The molecule has 5 rings (SSSR count). The van der Waals surface area contributed by atoms with E-state index in [-0.39, 0.29) is 11.6 Å². The first-order chi connectivity index (χ1) is 17.4. The third kappa shape index (κ3) is 4.91. The van der Waals surface area contributed by atoms with Crippen molar-refractivity contribution in [1.82, 2.24) is 10.3 Å². The summed E-state index contributed by atoms with van der Waals surface area (Å²) in [4.78, 5) is 17.6. The van der Waals surface area contributed by atoms with E-state index in [0.717, 1.165) is 29.7 Å². The highest BCUT2D eigenvalue weighted by Gasteiger charge is 2.44. The Morgan fingerprint density at radius 1 is 1.19 bits per heavy atom. The van der Waals surface area contributed by atoms with Gasteiger partial charge in [-0.2, -0.15) is 0 Å². The summed E-state index contributed by atoms with van der Waals surface area (Å²) in [7, 11) is 1.65. The lowest BCUT2D eigenvalue weighted by atomic mass is 9.84. The van der Waals surface area contributed by atoms with Crippen molar-refractivity contribution in [3.63, 3.8) is 0 Å². The molecule has 36 heavy (non-hydrogen) atoms. The minimum Gasteiger partial charge on any atom is -0.372 e. The van der Waals surface area contributed by atoms with Crippen LogP contribution >= 0.6 is 0 Å². The highest BCUT2D eigenvalue weighted by molar-refractivity contribution is 5.95. The number of hydrogen-bond donors (Lipinski definition) is 3. The van der Waals surface area contributed by atoms with Crippen molar-refractivity contribution < 1.29 is 13.9 Å². The average molecular weight is 489 g/mol. The Morgan fingerprint density at radius 2 is 1.97 bits per heavy atom. The molecule has 1 aliphatic heterocycles. The molecule has 1 amide bonds. The largest absolute Gasteiger partial charge is 0.372 e. The fourth-order valence-electron chi connectivity index (χ4n) is 5.36. The molecule has 1 saturated heterocycles. The molecule has 0 spiro atoms. The van der Waals surface area contributed by atoms with Crippen molar-refractivity contribution in [2.75, 3.05) is 19.0 Å². The van der Waals surface area contributed by atoms with E-state index in [4.69, 9.17) is 10.5 Å². The minimum absolute atomic E-state index is 0.181. The molecule has 2 fully saturated rings. The zero-order valence-corrected chi connectivity index (χ0v) is 20.5. The zero-order chi connectivity index (χ0) is 25.2. The molecule has 7 heteroatoms. The summed E-state index contributed by atoms with van der Waals surface area (Å²) < 4.78 is 20.5. The lowest BCUT2D eigenvalue weighted by molar-refractivity contribution is -0.118. The van der Waals surface area contributed by atoms with E-state index in [1.807, 2.05) is 48.5 Å². The monoisotopic (exact) mass is 488 g/mol. The number of carbonyl (C=O) groups is 1. The van der Waals surface area contributed by atoms with Crippen molar-refractivity contribution in [3.8, 4) is 0 Å². The second kappa shape index (κ2) is 10.1. The third-order valence-electron chi connectivity index (χ3n) is 7.74. The number of hydrogen-bond acceptors (Lipinski definition) is 5. The molecule has 3 aromatic rings. The summed E-state index contributed by atoms with van der Waals surface area (Å²) in [5.41, 5.74) is 8.78. The van der Waals surface area contributed by atoms with Gasteiger partial charge < -0.3 is 21.1 Å². The van der Waals surface area contributed by atoms with Gasteiger partial charge in [0.05, 0.1) is 23.0 Å². The average Bonchev–Trinajstić information content (AvgIpc) is 3.69. The number of nitrogens with zero attached hydrogens (tertiary/aromatic N) is 1. The molecular weight excluding hydrogens is 455 g/mol. The lowest BCUT2D eigenvalue weighted by Crippen LogP contribution is -2.40. The second-order valence-electron chi connectivity index (χ2n) is 10.0. The maximum Gasteiger partial charge on any atom is 0.241 e. The van der Waals surface area contributed by atoms with Gasteiger partial charge >= 0.3 is 0 Å². The minimum atomic E-state index is -0.595. The number of halogens is 1. The van der Waals surface area contributed by atoms with Crippen LogP contribution < -0.4 is 16.4 Å². The Hall–Kier alpha value is -3.13. The van der Waals surface area contributed by atoms with Crippen molar-refractivity contribution in [3.05, 3.63) is 95.6 Å². The number of amides is 1. The van der Waals surface area contributed by atoms with Crippen LogP contribution in [0, 0.1) is 11.7 Å². The van der Waals surface area contributed by atoms with Gasteiger partial charge in [-0.05, 0) is 67.0 Å². The maximum absolute atomic E-state index is 14.7. The highest BCUT2D eigenvalue weighted by Crippen LogP contribution is 2.46. The van der Waals surface area contributed by atoms with E-state index in [2.05, 4.69) is 15.6 Å². The Morgan fingerprint density at radius 3 is 2.67 bits per heavy atom. The van der Waals surface area contributed by atoms with Crippen molar-refractivity contribution in [2.24, 2.45) is 11.7 Å². The molecule has 1 saturated carbocycles. The summed E-state index contributed by atoms with van der Waals surface area (Å²) >= 11 is 0. The maximum atomic E-state index is 14.7. The fourth-order valence-corrected chi connectivity index (χ4v) is 5.36. The Labute approximate surface area is 211 Å². The Bertz CT molecular complexity index is 1200. The van der Waals surface area contributed by atoms with Crippen molar-refractivity contribution in [1.29, 1.82) is 0 Å². The number of rotatable bonds is 9. The first-order valence-corrected chi connectivity index (χ1v) is 12.6. The molecular formula is C29H33FN4O2. The number of anilines is 1. The quantitative estimate of drug-likeness (QED) is 0.419. The highest BCUT2D eigenvalue weighted by atomic mass is 19.1. The van der Waals surface area contributed by atoms with E-state index in [1.54, 1.807) is 25.4 Å². The first kappa shape index (κ1) is 24.6. The molecule has 0 radical (unpaired) electrons. The smallest absolute Gasteiger partial charge is 0.241 e. The van der Waals surface area contributed by atoms with Crippen LogP contribution in [-0.4, -0.2) is 30.6 Å². The van der Waals surface area contributed by atoms with Gasteiger partial charge in [-0.1, -0.05) is 42.5 Å². The number of nitrogens with two attached hydrogens (primary N) is 1. The van der Waals surface area contributed by atoms with Gasteiger partial charge in [-0.25, -0.2) is 4.39 Å². The van der Waals surface area contributed by atoms with Gasteiger partial charge in [0, 0.05) is 26.3 Å². The molecule has 188 valence electrons. The second-order valence-corrected chi connectivity index (χ2v) is 10.0. The lowest BCUT2D eigenvalue weighted by Gasteiger charge is -2.29. The molecule has 1 aromatic heterocycles. The molecule has 4 N–H and O–H groups in total. The van der Waals surface area contributed by atoms with Gasteiger partial charge in [0.25, 0.3) is 0 Å². The molecule has 0 bridgehead atoms. The van der Waals surface area contributed by atoms with E-state index < -0.39 is 23.0 Å². The van der Waals surface area contributed by atoms with Crippen LogP contribution in [0.3, 0.4) is 0 Å². The van der Waals surface area contributed by atoms with Gasteiger partial charge in [-0.15, -0.1) is 0 Å². The predicted molar refractivity (Wildman–Crippen MR) is 138 cm³/mol. The van der Waals surface area contributed by atoms with E-state index in [1.165, 1.54) is 6.07 Å². The molecule has 2 aliphatic rings. The molecule has 2 heterocycles. The summed E-state index contributed by atoms with van der Waals surface area (Å²) in [6.07, 6.45) is 5.79. The van der Waals surface area contributed by atoms with Crippen LogP contribution in [0.4, 0.5) is 10.1 Å². The van der Waals surface area contributed by atoms with Crippen LogP contribution in [0.1, 0.15) is 42.5 Å². The molecule has 6 nitrogen and oxygen atoms in total. The predicted octanol–water partition coefficient (Wildman–Crippen LogP) is 4.26. The summed E-state index contributed by atoms with van der Waals surface area (Å²) in [6, 6.07) is 20.1. The van der Waals surface area contributed by atoms with Gasteiger partial charge in [0.2, 0.25) is 5.91 Å². The Balaban J connectivity index is 1.26. The van der Waals surface area contributed by atoms with E-state index in [0.29, 0.717) is 31.7 Å². The van der Waals surface area contributed by atoms with E-state index >= 15 is 0 Å². The number of nitrogens with one attached hydrogen (secondary N) is 2. The van der Waals surface area contributed by atoms with Crippen LogP contribution in [0.2, 0.25) is 0 Å². The third-order valence-corrected chi connectivity index (χ3v) is 7.74. The summed E-state index contributed by atoms with van der Waals surface area (Å²) in [6.45, 7) is 0.501. The zero-order valence-electron chi connectivity index (χ0n) is 20.5. The van der Waals surface area contributed by atoms with Crippen LogP contribution in [0.5, 0.6) is 0 Å². The molecule has 0 unspecified atom stereocenters. The summed E-state index contributed by atoms with van der Waals surface area (Å²) in [5, 5.41) is 6.04. The van der Waals surface area contributed by atoms with Gasteiger partial charge in [-0.3, -0.25) is 9.78 Å². The SMILES string of the molecule is CO[C@@]1(c2ccccc2)CN[C@@H](C(=O)Nc2cc(CC[C@@](N)(c3ccccn3)C3CC3)ccc2F)C1. The van der Waals surface area contributed by atoms with E-state index in [9.17, 15) is 9.18 Å². The number of methoxy groups -OCH3 is 1. The number of carbonyl (C=O) groups excluding carboxylic acids is 1. The number of ether oxygens (including phenoxy) is 1. The Kier molecular flexibility index (Phi) is 6.88. The standard InChI is InChI=1S/C29H33FN4O2/c1-36-28(21-7-3-2-4-8-21)18-25(33-19-28)27(35)34-24-17-20(10-13-23(24)30)14-15-29(31,22-11-12-22)26-9-5-6-16-32-26/h2-10,13,16-17,22,25,33H,11-12,14-15,18-19,31H2,1H3,(H,34,35)/t25-,28-,29+/m1/s1. The fraction of sp³-hybridized carbons (Fsp3) is 0.379. The topological polar surface area (TPSA) is 89.3 Å². The molecule has 2 aromatic carbocycles.